The van der Waals surface area contributed by atoms with Crippen LogP contribution < -0.4 is 10.5 Å². The summed E-state index contributed by atoms with van der Waals surface area (Å²) in [6.07, 6.45) is 1.03. The number of nitrogens with zero attached hydrogens (tertiary/aromatic N) is 2. The lowest BCUT2D eigenvalue weighted by Gasteiger charge is -2.21. The molecule has 1 saturated heterocycles. The molecule has 0 saturated carbocycles. The Morgan fingerprint density at radius 2 is 2.19 bits per heavy atom. The van der Waals surface area contributed by atoms with E-state index in [1.54, 1.807) is 13.1 Å². The number of nitrogens with two attached hydrogens (primary N) is 1. The minimum absolute atomic E-state index is 0.211. The standard InChI is InChI=1S/C14H23N3O3S/c1-16-7-6-11(9-16)10-17(2)21(18,19)12-4-5-13(15)14(8-12)20-3/h4-5,8,11H,6-7,9-10,15H2,1-3H3. The van der Waals surface area contributed by atoms with E-state index in [0.717, 1.165) is 19.5 Å². The molecule has 1 aliphatic heterocycles. The van der Waals surface area contributed by atoms with Gasteiger partial charge in [-0.1, -0.05) is 0 Å². The van der Waals surface area contributed by atoms with E-state index in [2.05, 4.69) is 11.9 Å². The van der Waals surface area contributed by atoms with Gasteiger partial charge in [0.05, 0.1) is 17.7 Å². The van der Waals surface area contributed by atoms with Crippen LogP contribution in [-0.4, -0.2) is 58.5 Å². The van der Waals surface area contributed by atoms with Gasteiger partial charge < -0.3 is 15.4 Å². The highest BCUT2D eigenvalue weighted by atomic mass is 32.2. The van der Waals surface area contributed by atoms with Crippen LogP contribution in [-0.2, 0) is 10.0 Å². The minimum Gasteiger partial charge on any atom is -0.495 e. The van der Waals surface area contributed by atoms with Gasteiger partial charge in [-0.15, -0.1) is 0 Å². The molecule has 1 atom stereocenters. The van der Waals surface area contributed by atoms with Crippen LogP contribution in [0.4, 0.5) is 5.69 Å². The van der Waals surface area contributed by atoms with Gasteiger partial charge in [-0.05, 0) is 38.1 Å². The zero-order chi connectivity index (χ0) is 15.6. The Bertz CT molecular complexity index is 603. The van der Waals surface area contributed by atoms with Gasteiger partial charge in [-0.25, -0.2) is 12.7 Å². The summed E-state index contributed by atoms with van der Waals surface area (Å²) >= 11 is 0. The zero-order valence-electron chi connectivity index (χ0n) is 12.7. The third-order valence-electron chi connectivity index (χ3n) is 3.92. The number of nitrogen functional groups attached to an aromatic ring is 1. The van der Waals surface area contributed by atoms with Gasteiger partial charge in [-0.2, -0.15) is 0 Å². The van der Waals surface area contributed by atoms with Gasteiger partial charge >= 0.3 is 0 Å². The highest BCUT2D eigenvalue weighted by molar-refractivity contribution is 7.89. The topological polar surface area (TPSA) is 75.9 Å². The van der Waals surface area contributed by atoms with Crippen LogP contribution in [0.1, 0.15) is 6.42 Å². The van der Waals surface area contributed by atoms with Gasteiger partial charge in [0.25, 0.3) is 0 Å². The molecule has 0 radical (unpaired) electrons. The number of ether oxygens (including phenoxy) is 1. The van der Waals surface area contributed by atoms with Crippen molar-refractivity contribution < 1.29 is 13.2 Å². The minimum atomic E-state index is -3.51. The Hall–Kier alpha value is -1.31. The smallest absolute Gasteiger partial charge is 0.242 e. The summed E-state index contributed by atoms with van der Waals surface area (Å²) < 4.78 is 31.7. The molecule has 21 heavy (non-hydrogen) atoms. The van der Waals surface area contributed by atoms with E-state index in [4.69, 9.17) is 10.5 Å². The molecule has 1 fully saturated rings. The van der Waals surface area contributed by atoms with Crippen LogP contribution in [0.2, 0.25) is 0 Å². The molecule has 7 heteroatoms. The summed E-state index contributed by atoms with van der Waals surface area (Å²) in [4.78, 5) is 2.43. The second-order valence-corrected chi connectivity index (χ2v) is 7.65. The predicted molar refractivity (Wildman–Crippen MR) is 82.8 cm³/mol. The number of anilines is 1. The fourth-order valence-electron chi connectivity index (χ4n) is 2.67. The lowest BCUT2D eigenvalue weighted by atomic mass is 10.1. The number of rotatable bonds is 5. The monoisotopic (exact) mass is 313 g/mol. The first-order chi connectivity index (χ1) is 9.84. The first-order valence-electron chi connectivity index (χ1n) is 6.93. The van der Waals surface area contributed by atoms with E-state index >= 15 is 0 Å². The molecule has 1 aromatic carbocycles. The molecule has 1 aromatic rings. The molecule has 0 aliphatic carbocycles. The van der Waals surface area contributed by atoms with Crippen molar-refractivity contribution in [1.29, 1.82) is 0 Å². The molecule has 2 rings (SSSR count). The Balaban J connectivity index is 2.17. The van der Waals surface area contributed by atoms with E-state index in [1.165, 1.54) is 23.5 Å². The van der Waals surface area contributed by atoms with Crippen molar-refractivity contribution in [3.63, 3.8) is 0 Å². The molecule has 1 unspecified atom stereocenters. The molecule has 1 aliphatic rings. The number of sulfonamides is 1. The second kappa shape index (κ2) is 6.21. The number of methoxy groups -OCH3 is 1. The number of likely N-dealkylation sites (tertiary alicyclic amines) is 1. The van der Waals surface area contributed by atoms with Crippen molar-refractivity contribution in [2.45, 2.75) is 11.3 Å². The average molecular weight is 313 g/mol. The van der Waals surface area contributed by atoms with E-state index in [9.17, 15) is 8.42 Å². The lowest BCUT2D eigenvalue weighted by molar-refractivity contribution is 0.356. The lowest BCUT2D eigenvalue weighted by Crippen LogP contribution is -2.32. The summed E-state index contributed by atoms with van der Waals surface area (Å²) in [5, 5.41) is 0. The average Bonchev–Trinajstić information content (AvgIpc) is 2.84. The molecule has 0 amide bonds. The van der Waals surface area contributed by atoms with Crippen LogP contribution in [0.3, 0.4) is 0 Å². The summed E-state index contributed by atoms with van der Waals surface area (Å²) in [5.74, 6) is 0.760. The first-order valence-corrected chi connectivity index (χ1v) is 8.37. The molecule has 2 N–H and O–H groups in total. The Labute approximate surface area is 126 Å². The Morgan fingerprint density at radius 3 is 2.76 bits per heavy atom. The third kappa shape index (κ3) is 3.48. The predicted octanol–water partition coefficient (Wildman–Crippen LogP) is 0.850. The summed E-state index contributed by atoms with van der Waals surface area (Å²) in [6, 6.07) is 4.55. The van der Waals surface area contributed by atoms with Gasteiger partial charge in [0.15, 0.2) is 0 Å². The number of benzene rings is 1. The maximum Gasteiger partial charge on any atom is 0.242 e. The largest absolute Gasteiger partial charge is 0.495 e. The van der Waals surface area contributed by atoms with Crippen LogP contribution in [0.5, 0.6) is 5.75 Å². The molecule has 0 bridgehead atoms. The number of hydrogen-bond acceptors (Lipinski definition) is 5. The fourth-order valence-corrected chi connectivity index (χ4v) is 3.93. The van der Waals surface area contributed by atoms with E-state index in [1.807, 2.05) is 0 Å². The molecular formula is C14H23N3O3S. The summed E-state index contributed by atoms with van der Waals surface area (Å²) in [5.41, 5.74) is 6.16. The molecule has 118 valence electrons. The highest BCUT2D eigenvalue weighted by Gasteiger charge is 2.27. The van der Waals surface area contributed by atoms with Crippen LogP contribution in [0.25, 0.3) is 0 Å². The van der Waals surface area contributed by atoms with Crippen molar-refractivity contribution in [3.05, 3.63) is 18.2 Å². The second-order valence-electron chi connectivity index (χ2n) is 5.61. The third-order valence-corrected chi connectivity index (χ3v) is 5.74. The van der Waals surface area contributed by atoms with Crippen molar-refractivity contribution in [2.75, 3.05) is 46.6 Å². The van der Waals surface area contributed by atoms with Crippen molar-refractivity contribution in [3.8, 4) is 5.75 Å². The zero-order valence-corrected chi connectivity index (χ0v) is 13.6. The molecule has 1 heterocycles. The van der Waals surface area contributed by atoms with Crippen molar-refractivity contribution >= 4 is 15.7 Å². The van der Waals surface area contributed by atoms with Crippen molar-refractivity contribution in [2.24, 2.45) is 5.92 Å². The Kier molecular flexibility index (Phi) is 4.75. The molecular weight excluding hydrogens is 290 g/mol. The van der Waals surface area contributed by atoms with E-state index in [0.29, 0.717) is 23.9 Å². The maximum absolute atomic E-state index is 12.6. The summed E-state index contributed by atoms with van der Waals surface area (Å²) in [7, 11) is 1.63. The fraction of sp³-hybridized carbons (Fsp3) is 0.571. The van der Waals surface area contributed by atoms with Gasteiger partial charge in [0.2, 0.25) is 10.0 Å². The van der Waals surface area contributed by atoms with Gasteiger partial charge in [-0.3, -0.25) is 0 Å². The highest BCUT2D eigenvalue weighted by Crippen LogP contribution is 2.27. The van der Waals surface area contributed by atoms with Gasteiger partial charge in [0.1, 0.15) is 5.75 Å². The van der Waals surface area contributed by atoms with Crippen LogP contribution >= 0.6 is 0 Å². The summed E-state index contributed by atoms with van der Waals surface area (Å²) in [6.45, 7) is 2.48. The van der Waals surface area contributed by atoms with E-state index < -0.39 is 10.0 Å². The van der Waals surface area contributed by atoms with E-state index in [-0.39, 0.29) is 4.90 Å². The SMILES string of the molecule is COc1cc(S(=O)(=O)N(C)CC2CCN(C)C2)ccc1N. The quantitative estimate of drug-likeness (QED) is 0.816. The molecule has 0 aromatic heterocycles. The number of hydrogen-bond donors (Lipinski definition) is 1. The molecule has 6 nitrogen and oxygen atoms in total. The normalized spacial score (nSPS) is 20.1. The maximum atomic E-state index is 12.6. The first kappa shape index (κ1) is 16.1. The van der Waals surface area contributed by atoms with Crippen LogP contribution in [0, 0.1) is 5.92 Å². The van der Waals surface area contributed by atoms with Crippen LogP contribution in [0.15, 0.2) is 23.1 Å². The molecule has 0 spiro atoms. The van der Waals surface area contributed by atoms with Gasteiger partial charge in [0, 0.05) is 26.2 Å². The Morgan fingerprint density at radius 1 is 1.48 bits per heavy atom. The van der Waals surface area contributed by atoms with Crippen molar-refractivity contribution in [1.82, 2.24) is 9.21 Å².